The highest BCUT2D eigenvalue weighted by molar-refractivity contribution is 6.33. The number of nitrogens with one attached hydrogen (secondary N) is 1. The quantitative estimate of drug-likeness (QED) is 0.668. The van der Waals surface area contributed by atoms with Gasteiger partial charge in [-0.3, -0.25) is 5.41 Å². The first-order chi connectivity index (χ1) is 10.3. The molecule has 0 unspecified atom stereocenters. The van der Waals surface area contributed by atoms with Crippen molar-refractivity contribution in [3.8, 4) is 6.07 Å². The van der Waals surface area contributed by atoms with Gasteiger partial charge in [0.1, 0.15) is 11.7 Å². The van der Waals surface area contributed by atoms with Crippen LogP contribution in [-0.2, 0) is 6.18 Å². The summed E-state index contributed by atoms with van der Waals surface area (Å²) in [6, 6.07) is 2.79. The van der Waals surface area contributed by atoms with E-state index in [2.05, 4.69) is 4.98 Å². The Hall–Kier alpha value is -2.01. The minimum absolute atomic E-state index is 0.0410. The van der Waals surface area contributed by atoms with Crippen molar-refractivity contribution in [1.29, 1.82) is 10.7 Å². The molecule has 118 valence electrons. The van der Waals surface area contributed by atoms with E-state index in [0.29, 0.717) is 32.0 Å². The Morgan fingerprint density at radius 1 is 1.36 bits per heavy atom. The highest BCUT2D eigenvalue weighted by Crippen LogP contribution is 2.33. The molecule has 1 aromatic rings. The highest BCUT2D eigenvalue weighted by atomic mass is 35.5. The number of amidine groups is 1. The van der Waals surface area contributed by atoms with Gasteiger partial charge in [-0.15, -0.1) is 0 Å². The van der Waals surface area contributed by atoms with E-state index in [0.717, 1.165) is 12.3 Å². The maximum Gasteiger partial charge on any atom is 0.417 e. The zero-order valence-electron chi connectivity index (χ0n) is 11.5. The lowest BCUT2D eigenvalue weighted by molar-refractivity contribution is -0.137. The van der Waals surface area contributed by atoms with E-state index in [4.69, 9.17) is 22.3 Å². The first kappa shape index (κ1) is 16.4. The van der Waals surface area contributed by atoms with Gasteiger partial charge in [-0.1, -0.05) is 11.6 Å². The van der Waals surface area contributed by atoms with E-state index in [9.17, 15) is 13.2 Å². The van der Waals surface area contributed by atoms with Gasteiger partial charge in [0.15, 0.2) is 0 Å². The molecule has 0 radical (unpaired) electrons. The summed E-state index contributed by atoms with van der Waals surface area (Å²) in [6.07, 6.45) is -3.66. The monoisotopic (exact) mass is 331 g/mol. The molecule has 0 aliphatic carbocycles. The number of piperazine rings is 1. The summed E-state index contributed by atoms with van der Waals surface area (Å²) >= 11 is 5.91. The number of alkyl halides is 3. The normalized spacial score (nSPS) is 15.6. The minimum atomic E-state index is -4.47. The third-order valence-electron chi connectivity index (χ3n) is 3.36. The Labute approximate surface area is 130 Å². The number of nitrogens with zero attached hydrogens (tertiary/aromatic N) is 4. The number of hydrogen-bond acceptors (Lipinski definition) is 4. The molecule has 1 saturated heterocycles. The van der Waals surface area contributed by atoms with Crippen molar-refractivity contribution < 1.29 is 13.2 Å². The van der Waals surface area contributed by atoms with Crippen LogP contribution in [0.3, 0.4) is 0 Å². The zero-order chi connectivity index (χ0) is 16.3. The van der Waals surface area contributed by atoms with Gasteiger partial charge in [0.25, 0.3) is 0 Å². The summed E-state index contributed by atoms with van der Waals surface area (Å²) in [7, 11) is 0. The van der Waals surface area contributed by atoms with Crippen LogP contribution in [0.5, 0.6) is 0 Å². The van der Waals surface area contributed by atoms with Gasteiger partial charge in [0.2, 0.25) is 0 Å². The summed E-state index contributed by atoms with van der Waals surface area (Å²) < 4.78 is 37.8. The lowest BCUT2D eigenvalue weighted by Gasteiger charge is -2.36. The average molecular weight is 332 g/mol. The Morgan fingerprint density at radius 2 is 2.00 bits per heavy atom. The molecule has 5 nitrogen and oxygen atoms in total. The molecule has 9 heteroatoms. The summed E-state index contributed by atoms with van der Waals surface area (Å²) in [5, 5.41) is 16.2. The number of halogens is 4. The minimum Gasteiger partial charge on any atom is -0.356 e. The van der Waals surface area contributed by atoms with Crippen LogP contribution in [0.1, 0.15) is 12.0 Å². The molecule has 0 atom stereocenters. The van der Waals surface area contributed by atoms with Crippen LogP contribution in [0.15, 0.2) is 12.3 Å². The largest absolute Gasteiger partial charge is 0.417 e. The number of anilines is 1. The third-order valence-corrected chi connectivity index (χ3v) is 3.63. The van der Waals surface area contributed by atoms with Crippen LogP contribution >= 0.6 is 11.6 Å². The van der Waals surface area contributed by atoms with Gasteiger partial charge in [-0.2, -0.15) is 18.4 Å². The molecule has 1 aliphatic rings. The maximum atomic E-state index is 12.6. The van der Waals surface area contributed by atoms with Gasteiger partial charge in [-0.05, 0) is 6.07 Å². The molecule has 0 saturated carbocycles. The molecule has 2 heterocycles. The highest BCUT2D eigenvalue weighted by Gasteiger charge is 2.32. The standard InChI is InChI=1S/C13H13ClF3N5/c14-10-7-9(13(15,16)17)8-20-12(10)22-5-3-21(4-6-22)11(19)1-2-18/h7-8,19H,1,3-6H2. The van der Waals surface area contributed by atoms with Crippen molar-refractivity contribution in [2.24, 2.45) is 0 Å². The van der Waals surface area contributed by atoms with Crippen LogP contribution in [0.2, 0.25) is 5.02 Å². The summed E-state index contributed by atoms with van der Waals surface area (Å²) in [5.74, 6) is 0.551. The van der Waals surface area contributed by atoms with E-state index < -0.39 is 11.7 Å². The second-order valence-electron chi connectivity index (χ2n) is 4.78. The number of hydrogen-bond donors (Lipinski definition) is 1. The van der Waals surface area contributed by atoms with Crippen LogP contribution in [-0.4, -0.2) is 41.9 Å². The second-order valence-corrected chi connectivity index (χ2v) is 5.19. The van der Waals surface area contributed by atoms with Crippen LogP contribution < -0.4 is 4.90 Å². The lowest BCUT2D eigenvalue weighted by Crippen LogP contribution is -2.48. The number of pyridine rings is 1. The first-order valence-electron chi connectivity index (χ1n) is 6.50. The van der Waals surface area contributed by atoms with Crippen LogP contribution in [0, 0.1) is 16.7 Å². The van der Waals surface area contributed by atoms with Crippen LogP contribution in [0.4, 0.5) is 19.0 Å². The Morgan fingerprint density at radius 3 is 2.50 bits per heavy atom. The molecular formula is C13H13ClF3N5. The molecule has 1 aromatic heterocycles. The second kappa shape index (κ2) is 6.40. The fourth-order valence-corrected chi connectivity index (χ4v) is 2.48. The zero-order valence-corrected chi connectivity index (χ0v) is 12.2. The van der Waals surface area contributed by atoms with E-state index in [-0.39, 0.29) is 17.3 Å². The Bertz CT molecular complexity index is 603. The van der Waals surface area contributed by atoms with E-state index in [1.165, 1.54) is 0 Å². The molecule has 2 rings (SSSR count). The third kappa shape index (κ3) is 3.60. The molecule has 1 N–H and O–H groups in total. The van der Waals surface area contributed by atoms with Crippen molar-refractivity contribution in [1.82, 2.24) is 9.88 Å². The molecule has 1 aliphatic heterocycles. The summed E-state index contributed by atoms with van der Waals surface area (Å²) in [4.78, 5) is 7.36. The topological polar surface area (TPSA) is 67.0 Å². The summed E-state index contributed by atoms with van der Waals surface area (Å²) in [6.45, 7) is 1.96. The van der Waals surface area contributed by atoms with E-state index >= 15 is 0 Å². The van der Waals surface area contributed by atoms with Crippen molar-refractivity contribution in [2.45, 2.75) is 12.6 Å². The van der Waals surface area contributed by atoms with Gasteiger partial charge in [0.05, 0.1) is 23.1 Å². The predicted octanol–water partition coefficient (Wildman–Crippen LogP) is 2.77. The van der Waals surface area contributed by atoms with E-state index in [1.54, 1.807) is 9.80 Å². The van der Waals surface area contributed by atoms with Gasteiger partial charge in [-0.25, -0.2) is 4.98 Å². The SMILES string of the molecule is N#CCC(=N)N1CCN(c2ncc(C(F)(F)F)cc2Cl)CC1. The number of nitriles is 1. The molecule has 22 heavy (non-hydrogen) atoms. The van der Waals surface area contributed by atoms with Crippen molar-refractivity contribution >= 4 is 23.3 Å². The lowest BCUT2D eigenvalue weighted by atomic mass is 10.2. The van der Waals surface area contributed by atoms with Crippen LogP contribution in [0.25, 0.3) is 0 Å². The average Bonchev–Trinajstić information content (AvgIpc) is 2.46. The van der Waals surface area contributed by atoms with Gasteiger partial charge in [0, 0.05) is 32.4 Å². The van der Waals surface area contributed by atoms with E-state index in [1.807, 2.05) is 6.07 Å². The predicted molar refractivity (Wildman–Crippen MR) is 76.0 cm³/mol. The fourth-order valence-electron chi connectivity index (χ4n) is 2.19. The maximum absolute atomic E-state index is 12.6. The molecule has 0 aromatic carbocycles. The Balaban J connectivity index is 2.06. The van der Waals surface area contributed by atoms with Crippen molar-refractivity contribution in [3.05, 3.63) is 22.8 Å². The molecule has 0 amide bonds. The van der Waals surface area contributed by atoms with Crippen molar-refractivity contribution in [3.63, 3.8) is 0 Å². The number of rotatable bonds is 2. The first-order valence-corrected chi connectivity index (χ1v) is 6.87. The smallest absolute Gasteiger partial charge is 0.356 e. The Kier molecular flexibility index (Phi) is 4.76. The van der Waals surface area contributed by atoms with Crippen molar-refractivity contribution in [2.75, 3.05) is 31.1 Å². The van der Waals surface area contributed by atoms with Gasteiger partial charge >= 0.3 is 6.18 Å². The molecule has 0 spiro atoms. The molecule has 1 fully saturated rings. The number of aromatic nitrogens is 1. The molecule has 0 bridgehead atoms. The summed E-state index contributed by atoms with van der Waals surface area (Å²) in [5.41, 5.74) is -0.879. The fraction of sp³-hybridized carbons (Fsp3) is 0.462. The molecular weight excluding hydrogens is 319 g/mol. The van der Waals surface area contributed by atoms with Gasteiger partial charge < -0.3 is 9.80 Å².